The Kier molecular flexibility index (Phi) is 5.66. The van der Waals surface area contributed by atoms with Gasteiger partial charge < -0.3 is 0 Å². The first-order valence-corrected chi connectivity index (χ1v) is 7.57. The molecule has 0 aromatic rings. The SMILES string of the molecule is O=S(=O)(CCC(F)(F)F)OS(=O)(=O)CCC(F)(F)F. The summed E-state index contributed by atoms with van der Waals surface area (Å²) in [7, 11) is -10.2. The van der Waals surface area contributed by atoms with E-state index >= 15 is 0 Å². The van der Waals surface area contributed by atoms with Crippen LogP contribution in [0, 0.1) is 0 Å². The molecule has 0 aliphatic heterocycles. The maximum Gasteiger partial charge on any atom is 0.390 e. The van der Waals surface area contributed by atoms with Gasteiger partial charge in [-0.15, -0.1) is 3.63 Å². The van der Waals surface area contributed by atoms with Crippen LogP contribution >= 0.6 is 0 Å². The van der Waals surface area contributed by atoms with Crippen LogP contribution in [0.2, 0.25) is 0 Å². The first-order valence-electron chi connectivity index (χ1n) is 4.42. The summed E-state index contributed by atoms with van der Waals surface area (Å²) in [6.07, 6.45) is -13.5. The van der Waals surface area contributed by atoms with Gasteiger partial charge in [-0.1, -0.05) is 0 Å². The largest absolute Gasteiger partial charge is 0.390 e. The number of hydrogen-bond acceptors (Lipinski definition) is 5. The molecule has 0 atom stereocenters. The van der Waals surface area contributed by atoms with Gasteiger partial charge in [0.25, 0.3) is 20.2 Å². The van der Waals surface area contributed by atoms with Gasteiger partial charge >= 0.3 is 12.4 Å². The van der Waals surface area contributed by atoms with Gasteiger partial charge in [-0.25, -0.2) is 0 Å². The van der Waals surface area contributed by atoms with Crippen molar-refractivity contribution in [3.8, 4) is 0 Å². The number of rotatable bonds is 6. The monoisotopic (exact) mass is 338 g/mol. The predicted molar refractivity (Wildman–Crippen MR) is 50.0 cm³/mol. The van der Waals surface area contributed by atoms with Gasteiger partial charge in [0.05, 0.1) is 24.3 Å². The van der Waals surface area contributed by atoms with Crippen molar-refractivity contribution in [1.82, 2.24) is 0 Å². The van der Waals surface area contributed by atoms with Gasteiger partial charge in [0.2, 0.25) is 0 Å². The Hall–Kier alpha value is -0.560. The molecule has 116 valence electrons. The van der Waals surface area contributed by atoms with Crippen molar-refractivity contribution >= 4 is 20.2 Å². The topological polar surface area (TPSA) is 77.5 Å². The summed E-state index contributed by atoms with van der Waals surface area (Å²) in [5, 5.41) is 0. The van der Waals surface area contributed by atoms with E-state index < -0.39 is 56.9 Å². The third-order valence-corrected chi connectivity index (χ3v) is 4.55. The van der Waals surface area contributed by atoms with Crippen LogP contribution in [-0.4, -0.2) is 40.7 Å². The zero-order chi connectivity index (χ0) is 15.5. The van der Waals surface area contributed by atoms with Crippen LogP contribution in [0.4, 0.5) is 26.3 Å². The molecule has 0 aliphatic rings. The molecule has 0 unspecified atom stereocenters. The predicted octanol–water partition coefficient (Wildman–Crippen LogP) is 1.57. The molecule has 0 heterocycles. The summed E-state index contributed by atoms with van der Waals surface area (Å²) in [4.78, 5) is 0. The van der Waals surface area contributed by atoms with E-state index in [2.05, 4.69) is 3.63 Å². The van der Waals surface area contributed by atoms with E-state index in [1.807, 2.05) is 0 Å². The minimum absolute atomic E-state index is 1.69. The highest BCUT2D eigenvalue weighted by atomic mass is 32.3. The van der Waals surface area contributed by atoms with E-state index in [9.17, 15) is 43.2 Å². The fraction of sp³-hybridized carbons (Fsp3) is 1.00. The lowest BCUT2D eigenvalue weighted by atomic mass is 10.5. The van der Waals surface area contributed by atoms with Crippen LogP contribution in [0.5, 0.6) is 0 Å². The smallest absolute Gasteiger partial charge is 0.198 e. The summed E-state index contributed by atoms with van der Waals surface area (Å²) in [5.41, 5.74) is 0. The average molecular weight is 338 g/mol. The van der Waals surface area contributed by atoms with Gasteiger partial charge in [0, 0.05) is 0 Å². The summed E-state index contributed by atoms with van der Waals surface area (Å²) in [5.74, 6) is -3.39. The average Bonchev–Trinajstić information content (AvgIpc) is 2.09. The Morgan fingerprint density at radius 3 is 1.16 bits per heavy atom. The molecule has 0 fully saturated rings. The van der Waals surface area contributed by atoms with E-state index in [1.54, 1.807) is 0 Å². The molecule has 0 aromatic carbocycles. The number of hydrogen-bond donors (Lipinski definition) is 0. The van der Waals surface area contributed by atoms with Crippen molar-refractivity contribution in [2.75, 3.05) is 11.5 Å². The second-order valence-corrected chi connectivity index (χ2v) is 6.91. The highest BCUT2D eigenvalue weighted by Gasteiger charge is 2.35. The molecule has 0 rings (SSSR count). The van der Waals surface area contributed by atoms with Crippen LogP contribution in [0.1, 0.15) is 12.8 Å². The second kappa shape index (κ2) is 5.83. The zero-order valence-corrected chi connectivity index (χ0v) is 10.6. The lowest BCUT2D eigenvalue weighted by molar-refractivity contribution is -0.130. The molecule has 19 heavy (non-hydrogen) atoms. The quantitative estimate of drug-likeness (QED) is 0.687. The third kappa shape index (κ3) is 11.0. The third-order valence-electron chi connectivity index (χ3n) is 1.48. The van der Waals surface area contributed by atoms with E-state index in [-0.39, 0.29) is 0 Å². The zero-order valence-electron chi connectivity index (χ0n) is 8.95. The lowest BCUT2D eigenvalue weighted by Crippen LogP contribution is -2.24. The Labute approximate surface area is 104 Å². The standard InChI is InChI=1S/C6H8F6O5S2/c7-5(8,9)1-3-18(13,14)17-19(15,16)4-2-6(10,11)12/h1-4H2. The summed E-state index contributed by atoms with van der Waals surface area (Å²) in [6.45, 7) is 0. The van der Waals surface area contributed by atoms with Crippen LogP contribution in [0.25, 0.3) is 0 Å². The van der Waals surface area contributed by atoms with E-state index in [4.69, 9.17) is 0 Å². The Morgan fingerprint density at radius 1 is 0.684 bits per heavy atom. The first-order chi connectivity index (χ1) is 8.12. The molecule has 0 saturated carbocycles. The van der Waals surface area contributed by atoms with Gasteiger partial charge in [-0.05, 0) is 0 Å². The number of halogens is 6. The Bertz CT molecular complexity index is 441. The van der Waals surface area contributed by atoms with E-state index in [1.165, 1.54) is 0 Å². The molecule has 0 amide bonds. The maximum absolute atomic E-state index is 11.7. The summed E-state index contributed by atoms with van der Waals surface area (Å²) >= 11 is 0. The normalized spacial score (nSPS) is 14.6. The molecule has 0 aliphatic carbocycles. The molecule has 0 bridgehead atoms. The first kappa shape index (κ1) is 18.4. The highest BCUT2D eigenvalue weighted by Crippen LogP contribution is 2.23. The van der Waals surface area contributed by atoms with Gasteiger partial charge in [0.15, 0.2) is 0 Å². The van der Waals surface area contributed by atoms with Gasteiger partial charge in [0.1, 0.15) is 0 Å². The molecule has 0 spiro atoms. The molecular formula is C6H8F6O5S2. The van der Waals surface area contributed by atoms with Crippen LogP contribution < -0.4 is 0 Å². The van der Waals surface area contributed by atoms with Crippen molar-refractivity contribution in [3.05, 3.63) is 0 Å². The molecule has 0 N–H and O–H groups in total. The van der Waals surface area contributed by atoms with Crippen LogP contribution in [0.15, 0.2) is 0 Å². The lowest BCUT2D eigenvalue weighted by Gasteiger charge is -2.09. The van der Waals surface area contributed by atoms with Crippen molar-refractivity contribution < 1.29 is 46.8 Å². The molecule has 5 nitrogen and oxygen atoms in total. The van der Waals surface area contributed by atoms with E-state index in [0.29, 0.717) is 0 Å². The summed E-state index contributed by atoms with van der Waals surface area (Å²) < 4.78 is 117. The van der Waals surface area contributed by atoms with Gasteiger partial charge in [-0.2, -0.15) is 43.2 Å². The van der Waals surface area contributed by atoms with Crippen molar-refractivity contribution in [3.63, 3.8) is 0 Å². The van der Waals surface area contributed by atoms with Gasteiger partial charge in [-0.3, -0.25) is 0 Å². The van der Waals surface area contributed by atoms with Crippen LogP contribution in [0.3, 0.4) is 0 Å². The number of alkyl halides is 6. The Balaban J connectivity index is 4.57. The van der Waals surface area contributed by atoms with E-state index in [0.717, 1.165) is 0 Å². The second-order valence-electron chi connectivity index (χ2n) is 3.32. The molecule has 13 heteroatoms. The highest BCUT2D eigenvalue weighted by molar-refractivity contribution is 7.99. The Morgan fingerprint density at radius 2 is 0.947 bits per heavy atom. The minimum atomic E-state index is -5.12. The van der Waals surface area contributed by atoms with Crippen molar-refractivity contribution in [1.29, 1.82) is 0 Å². The summed E-state index contributed by atoms with van der Waals surface area (Å²) in [6, 6.07) is 0. The fourth-order valence-corrected chi connectivity index (χ4v) is 3.48. The molecular weight excluding hydrogens is 330 g/mol. The maximum atomic E-state index is 11.7. The van der Waals surface area contributed by atoms with Crippen molar-refractivity contribution in [2.24, 2.45) is 0 Å². The molecule has 0 radical (unpaired) electrons. The van der Waals surface area contributed by atoms with Crippen LogP contribution in [-0.2, 0) is 23.9 Å². The fourth-order valence-electron chi connectivity index (χ4n) is 0.707. The molecule has 0 saturated heterocycles. The minimum Gasteiger partial charge on any atom is -0.198 e. The van der Waals surface area contributed by atoms with Crippen molar-refractivity contribution in [2.45, 2.75) is 25.2 Å². The molecule has 0 aromatic heterocycles.